The van der Waals surface area contributed by atoms with E-state index in [-0.39, 0.29) is 5.95 Å². The third-order valence-corrected chi connectivity index (χ3v) is 2.21. The maximum Gasteiger partial charge on any atom is 0.239 e. The summed E-state index contributed by atoms with van der Waals surface area (Å²) in [6.07, 6.45) is 1.58. The van der Waals surface area contributed by atoms with Gasteiger partial charge in [-0.3, -0.25) is 0 Å². The molecule has 1 aromatic carbocycles. The van der Waals surface area contributed by atoms with E-state index in [1.807, 2.05) is 24.3 Å². The van der Waals surface area contributed by atoms with E-state index in [4.69, 9.17) is 17.3 Å². The third kappa shape index (κ3) is 1.85. The van der Waals surface area contributed by atoms with Crippen molar-refractivity contribution in [1.29, 1.82) is 0 Å². The van der Waals surface area contributed by atoms with Gasteiger partial charge in [-0.2, -0.15) is 0 Å². The maximum absolute atomic E-state index is 5.99. The van der Waals surface area contributed by atoms with E-state index in [1.165, 1.54) is 0 Å². The van der Waals surface area contributed by atoms with Crippen molar-refractivity contribution in [2.24, 2.45) is 0 Å². The largest absolute Gasteiger partial charge is 0.367 e. The highest BCUT2D eigenvalue weighted by molar-refractivity contribution is 6.31. The van der Waals surface area contributed by atoms with Gasteiger partial charge in [0, 0.05) is 5.02 Å². The quantitative estimate of drug-likeness (QED) is 0.815. The van der Waals surface area contributed by atoms with E-state index < -0.39 is 0 Å². The van der Waals surface area contributed by atoms with E-state index in [0.29, 0.717) is 6.54 Å². The van der Waals surface area contributed by atoms with Gasteiger partial charge in [-0.15, -0.1) is 5.10 Å². The van der Waals surface area contributed by atoms with Crippen LogP contribution in [0.1, 0.15) is 5.56 Å². The summed E-state index contributed by atoms with van der Waals surface area (Å²) >= 11 is 5.99. The normalized spacial score (nSPS) is 10.4. The van der Waals surface area contributed by atoms with E-state index in [2.05, 4.69) is 10.1 Å². The summed E-state index contributed by atoms with van der Waals surface area (Å²) < 4.78 is 1.65. The van der Waals surface area contributed by atoms with E-state index in [9.17, 15) is 0 Å². The monoisotopic (exact) mass is 208 g/mol. The fourth-order valence-corrected chi connectivity index (χ4v) is 1.38. The first-order valence-corrected chi connectivity index (χ1v) is 4.52. The van der Waals surface area contributed by atoms with Crippen LogP contribution in [-0.2, 0) is 6.54 Å². The molecule has 0 aliphatic heterocycles. The Balaban J connectivity index is 2.23. The van der Waals surface area contributed by atoms with Crippen molar-refractivity contribution in [1.82, 2.24) is 14.8 Å². The molecule has 1 aromatic heterocycles. The van der Waals surface area contributed by atoms with Gasteiger partial charge in [0.05, 0.1) is 6.54 Å². The number of halogens is 1. The predicted molar refractivity (Wildman–Crippen MR) is 55.0 cm³/mol. The van der Waals surface area contributed by atoms with E-state index in [0.717, 1.165) is 10.6 Å². The zero-order valence-electron chi connectivity index (χ0n) is 7.39. The molecule has 2 N–H and O–H groups in total. The fraction of sp³-hybridized carbons (Fsp3) is 0.111. The minimum Gasteiger partial charge on any atom is -0.367 e. The summed E-state index contributed by atoms with van der Waals surface area (Å²) in [5, 5.41) is 4.70. The lowest BCUT2D eigenvalue weighted by atomic mass is 10.2. The molecule has 72 valence electrons. The molecule has 14 heavy (non-hydrogen) atoms. The minimum atomic E-state index is 0.275. The summed E-state index contributed by atoms with van der Waals surface area (Å²) in [5.74, 6) is 0.275. The van der Waals surface area contributed by atoms with Gasteiger partial charge in [-0.05, 0) is 11.6 Å². The number of hydrogen-bond donors (Lipinski definition) is 1. The number of rotatable bonds is 2. The van der Waals surface area contributed by atoms with Crippen LogP contribution in [0.15, 0.2) is 30.6 Å². The number of nitrogens with zero attached hydrogens (tertiary/aromatic N) is 3. The standard InChI is InChI=1S/C9H9ClN4/c10-8-4-2-1-3-7(8)5-14-6-12-9(11)13-14/h1-4,6H,5H2,(H2,11,13). The molecule has 2 rings (SSSR count). The van der Waals surface area contributed by atoms with Crippen LogP contribution in [0.3, 0.4) is 0 Å². The molecule has 1 heterocycles. The van der Waals surface area contributed by atoms with Gasteiger partial charge >= 0.3 is 0 Å². The number of nitrogen functional groups attached to an aromatic ring is 1. The first kappa shape index (κ1) is 9.02. The van der Waals surface area contributed by atoms with Gasteiger partial charge in [-0.1, -0.05) is 29.8 Å². The molecule has 0 radical (unpaired) electrons. The van der Waals surface area contributed by atoms with Crippen LogP contribution in [0, 0.1) is 0 Å². The number of benzene rings is 1. The number of nitrogens with two attached hydrogens (primary N) is 1. The van der Waals surface area contributed by atoms with Crippen LogP contribution < -0.4 is 5.73 Å². The first-order valence-electron chi connectivity index (χ1n) is 4.14. The first-order chi connectivity index (χ1) is 6.75. The van der Waals surface area contributed by atoms with Crippen molar-refractivity contribution >= 4 is 17.5 Å². The lowest BCUT2D eigenvalue weighted by Gasteiger charge is -2.02. The number of hydrogen-bond acceptors (Lipinski definition) is 3. The van der Waals surface area contributed by atoms with Gasteiger partial charge in [0.25, 0.3) is 0 Å². The smallest absolute Gasteiger partial charge is 0.239 e. The zero-order chi connectivity index (χ0) is 9.97. The molecule has 0 fully saturated rings. The Hall–Kier alpha value is -1.55. The van der Waals surface area contributed by atoms with E-state index >= 15 is 0 Å². The number of aromatic nitrogens is 3. The minimum absolute atomic E-state index is 0.275. The van der Waals surface area contributed by atoms with Gasteiger partial charge in [-0.25, -0.2) is 9.67 Å². The van der Waals surface area contributed by atoms with Crippen molar-refractivity contribution in [3.8, 4) is 0 Å². The Kier molecular flexibility index (Phi) is 2.37. The molecule has 0 atom stereocenters. The molecule has 2 aromatic rings. The van der Waals surface area contributed by atoms with Crippen molar-refractivity contribution in [2.75, 3.05) is 5.73 Å². The molecule has 0 saturated heterocycles. The second-order valence-corrected chi connectivity index (χ2v) is 3.30. The highest BCUT2D eigenvalue weighted by Crippen LogP contribution is 2.15. The van der Waals surface area contributed by atoms with Crippen LogP contribution in [-0.4, -0.2) is 14.8 Å². The molecule has 0 saturated carbocycles. The average molecular weight is 209 g/mol. The number of anilines is 1. The summed E-state index contributed by atoms with van der Waals surface area (Å²) in [6.45, 7) is 0.587. The maximum atomic E-state index is 5.99. The van der Waals surface area contributed by atoms with Gasteiger partial charge in [0.1, 0.15) is 6.33 Å². The lowest BCUT2D eigenvalue weighted by Crippen LogP contribution is -2.01. The van der Waals surface area contributed by atoms with Crippen molar-refractivity contribution in [3.05, 3.63) is 41.2 Å². The van der Waals surface area contributed by atoms with Crippen molar-refractivity contribution < 1.29 is 0 Å². The molecule has 0 aliphatic carbocycles. The third-order valence-electron chi connectivity index (χ3n) is 1.84. The Bertz CT molecular complexity index is 438. The summed E-state index contributed by atoms with van der Waals surface area (Å²) in [7, 11) is 0. The summed E-state index contributed by atoms with van der Waals surface area (Å²) in [5.41, 5.74) is 6.39. The Labute approximate surface area is 86.3 Å². The van der Waals surface area contributed by atoms with Crippen molar-refractivity contribution in [2.45, 2.75) is 6.54 Å². The fourth-order valence-electron chi connectivity index (χ4n) is 1.19. The molecular weight excluding hydrogens is 200 g/mol. The molecule has 0 bridgehead atoms. The second-order valence-electron chi connectivity index (χ2n) is 2.89. The molecule has 0 unspecified atom stereocenters. The van der Waals surface area contributed by atoms with Crippen LogP contribution >= 0.6 is 11.6 Å². The zero-order valence-corrected chi connectivity index (χ0v) is 8.15. The Morgan fingerprint density at radius 1 is 1.36 bits per heavy atom. The predicted octanol–water partition coefficient (Wildman–Crippen LogP) is 1.56. The molecule has 5 heteroatoms. The lowest BCUT2D eigenvalue weighted by molar-refractivity contribution is 0.687. The second kappa shape index (κ2) is 3.67. The molecule has 0 spiro atoms. The van der Waals surface area contributed by atoms with Crippen LogP contribution in [0.5, 0.6) is 0 Å². The SMILES string of the molecule is Nc1ncn(Cc2ccccc2Cl)n1. The topological polar surface area (TPSA) is 56.7 Å². The van der Waals surface area contributed by atoms with Gasteiger partial charge in [0.2, 0.25) is 5.95 Å². The van der Waals surface area contributed by atoms with E-state index in [1.54, 1.807) is 11.0 Å². The Morgan fingerprint density at radius 2 is 2.14 bits per heavy atom. The highest BCUT2D eigenvalue weighted by atomic mass is 35.5. The van der Waals surface area contributed by atoms with Crippen LogP contribution in [0.25, 0.3) is 0 Å². The summed E-state index contributed by atoms with van der Waals surface area (Å²) in [4.78, 5) is 3.83. The van der Waals surface area contributed by atoms with Crippen molar-refractivity contribution in [3.63, 3.8) is 0 Å². The average Bonchev–Trinajstić information content (AvgIpc) is 2.56. The molecule has 0 amide bonds. The van der Waals surface area contributed by atoms with Gasteiger partial charge < -0.3 is 5.73 Å². The summed E-state index contributed by atoms with van der Waals surface area (Å²) in [6, 6.07) is 7.61. The molecule has 0 aliphatic rings. The highest BCUT2D eigenvalue weighted by Gasteiger charge is 2.01. The Morgan fingerprint density at radius 3 is 2.79 bits per heavy atom. The van der Waals surface area contributed by atoms with Crippen LogP contribution in [0.2, 0.25) is 5.02 Å². The molecular formula is C9H9ClN4. The van der Waals surface area contributed by atoms with Crippen LogP contribution in [0.4, 0.5) is 5.95 Å². The molecule has 4 nitrogen and oxygen atoms in total. The van der Waals surface area contributed by atoms with Gasteiger partial charge in [0.15, 0.2) is 0 Å².